The van der Waals surface area contributed by atoms with Gasteiger partial charge in [0, 0.05) is 17.7 Å². The van der Waals surface area contributed by atoms with Crippen molar-refractivity contribution >= 4 is 0 Å². The van der Waals surface area contributed by atoms with Crippen LogP contribution in [0.3, 0.4) is 0 Å². The van der Waals surface area contributed by atoms with Gasteiger partial charge in [0.25, 0.3) is 5.56 Å². The van der Waals surface area contributed by atoms with Crippen LogP contribution in [0.15, 0.2) is 29.1 Å². The Kier molecular flexibility index (Phi) is 4.91. The molecule has 0 unspecified atom stereocenters. The number of hydrogen-bond acceptors (Lipinski definition) is 3. The van der Waals surface area contributed by atoms with Gasteiger partial charge in [0.15, 0.2) is 0 Å². The van der Waals surface area contributed by atoms with Gasteiger partial charge in [0.05, 0.1) is 12.3 Å². The highest BCUT2D eigenvalue weighted by molar-refractivity contribution is 5.64. The van der Waals surface area contributed by atoms with Crippen molar-refractivity contribution < 1.29 is 5.11 Å². The fraction of sp³-hybridized carbons (Fsp3) is 0.412. The molecule has 1 heterocycles. The molecule has 0 bridgehead atoms. The molecule has 0 saturated carbocycles. The zero-order valence-electron chi connectivity index (χ0n) is 12.9. The highest BCUT2D eigenvalue weighted by atomic mass is 16.3. The van der Waals surface area contributed by atoms with Crippen molar-refractivity contribution in [3.05, 3.63) is 51.3 Å². The van der Waals surface area contributed by atoms with E-state index in [0.29, 0.717) is 12.1 Å². The molecule has 0 spiro atoms. The number of aliphatic hydroxyl groups is 1. The van der Waals surface area contributed by atoms with Crippen LogP contribution in [0.4, 0.5) is 0 Å². The smallest absolute Gasteiger partial charge is 0.272 e. The average Bonchev–Trinajstić information content (AvgIpc) is 2.46. The summed E-state index contributed by atoms with van der Waals surface area (Å²) in [6.07, 6.45) is 1.89. The molecular formula is C17H22N2O2. The Balaban J connectivity index is 2.55. The Morgan fingerprint density at radius 3 is 2.62 bits per heavy atom. The van der Waals surface area contributed by atoms with Crippen molar-refractivity contribution in [3.63, 3.8) is 0 Å². The van der Waals surface area contributed by atoms with Crippen LogP contribution in [0, 0.1) is 13.8 Å². The molecule has 0 fully saturated rings. The Morgan fingerprint density at radius 1 is 1.24 bits per heavy atom. The summed E-state index contributed by atoms with van der Waals surface area (Å²) >= 11 is 0. The van der Waals surface area contributed by atoms with Crippen LogP contribution in [-0.4, -0.2) is 14.9 Å². The highest BCUT2D eigenvalue weighted by Gasteiger charge is 2.11. The van der Waals surface area contributed by atoms with E-state index in [0.717, 1.165) is 29.7 Å². The molecule has 1 N–H and O–H groups in total. The summed E-state index contributed by atoms with van der Waals surface area (Å²) in [6, 6.07) is 7.84. The fourth-order valence-electron chi connectivity index (χ4n) is 2.40. The average molecular weight is 286 g/mol. The zero-order valence-corrected chi connectivity index (χ0v) is 12.9. The molecule has 21 heavy (non-hydrogen) atoms. The molecule has 0 aliphatic heterocycles. The van der Waals surface area contributed by atoms with Gasteiger partial charge in [0.1, 0.15) is 0 Å². The summed E-state index contributed by atoms with van der Waals surface area (Å²) in [7, 11) is 0. The molecule has 112 valence electrons. The first kappa shape index (κ1) is 15.4. The van der Waals surface area contributed by atoms with Gasteiger partial charge in [-0.1, -0.05) is 37.1 Å². The van der Waals surface area contributed by atoms with E-state index in [4.69, 9.17) is 0 Å². The van der Waals surface area contributed by atoms with Crippen LogP contribution in [0.5, 0.6) is 0 Å². The zero-order chi connectivity index (χ0) is 15.4. The topological polar surface area (TPSA) is 55.1 Å². The molecule has 0 atom stereocenters. The predicted octanol–water partition coefficient (Wildman–Crippen LogP) is 2.82. The third-order valence-corrected chi connectivity index (χ3v) is 3.60. The lowest BCUT2D eigenvalue weighted by molar-refractivity contribution is 0.278. The Bertz CT molecular complexity index is 690. The molecule has 1 aromatic heterocycles. The highest BCUT2D eigenvalue weighted by Crippen LogP contribution is 2.22. The second-order valence-electron chi connectivity index (χ2n) is 5.41. The quantitative estimate of drug-likeness (QED) is 0.919. The first-order valence-corrected chi connectivity index (χ1v) is 7.36. The minimum absolute atomic E-state index is 0.195. The predicted molar refractivity (Wildman–Crippen MR) is 84.2 cm³/mol. The summed E-state index contributed by atoms with van der Waals surface area (Å²) < 4.78 is 1.48. The van der Waals surface area contributed by atoms with Gasteiger partial charge in [-0.05, 0) is 31.9 Å². The van der Waals surface area contributed by atoms with Crippen molar-refractivity contribution in [3.8, 4) is 11.3 Å². The number of nitrogens with zero attached hydrogens (tertiary/aromatic N) is 2. The normalized spacial score (nSPS) is 10.9. The lowest BCUT2D eigenvalue weighted by Gasteiger charge is -2.11. The first-order valence-electron chi connectivity index (χ1n) is 7.36. The van der Waals surface area contributed by atoms with E-state index in [1.54, 1.807) is 6.07 Å². The molecule has 0 saturated heterocycles. The largest absolute Gasteiger partial charge is 0.391 e. The minimum Gasteiger partial charge on any atom is -0.391 e. The summed E-state index contributed by atoms with van der Waals surface area (Å²) in [6.45, 7) is 6.48. The third-order valence-electron chi connectivity index (χ3n) is 3.60. The summed E-state index contributed by atoms with van der Waals surface area (Å²) in [4.78, 5) is 12.2. The van der Waals surface area contributed by atoms with Crippen molar-refractivity contribution in [2.24, 2.45) is 0 Å². The van der Waals surface area contributed by atoms with Crippen LogP contribution >= 0.6 is 0 Å². The van der Waals surface area contributed by atoms with Crippen molar-refractivity contribution in [1.29, 1.82) is 0 Å². The van der Waals surface area contributed by atoms with Crippen LogP contribution in [0.1, 0.15) is 36.5 Å². The maximum absolute atomic E-state index is 12.2. The number of hydrogen-bond donors (Lipinski definition) is 1. The van der Waals surface area contributed by atoms with Crippen molar-refractivity contribution in [2.45, 2.75) is 46.8 Å². The van der Waals surface area contributed by atoms with Crippen molar-refractivity contribution in [2.75, 3.05) is 0 Å². The fourth-order valence-corrected chi connectivity index (χ4v) is 2.40. The van der Waals surface area contributed by atoms with Gasteiger partial charge < -0.3 is 5.11 Å². The van der Waals surface area contributed by atoms with Gasteiger partial charge >= 0.3 is 0 Å². The molecule has 1 aromatic carbocycles. The van der Waals surface area contributed by atoms with Crippen LogP contribution in [0.25, 0.3) is 11.3 Å². The van der Waals surface area contributed by atoms with E-state index in [1.165, 1.54) is 10.2 Å². The standard InChI is InChI=1S/C17H22N2O2/c1-4-5-8-19-17(21)14(11-20)10-16(18-19)15-7-6-12(2)9-13(15)3/h6-7,9-10,20H,4-5,8,11H2,1-3H3. The van der Waals surface area contributed by atoms with Gasteiger partial charge in [-0.2, -0.15) is 5.10 Å². The number of benzene rings is 1. The van der Waals surface area contributed by atoms with E-state index >= 15 is 0 Å². The number of rotatable bonds is 5. The molecule has 4 nitrogen and oxygen atoms in total. The second kappa shape index (κ2) is 6.68. The van der Waals surface area contributed by atoms with Crippen molar-refractivity contribution in [1.82, 2.24) is 9.78 Å². The SMILES string of the molecule is CCCCn1nc(-c2ccc(C)cc2C)cc(CO)c1=O. The van der Waals surface area contributed by atoms with Gasteiger partial charge in [0.2, 0.25) is 0 Å². The second-order valence-corrected chi connectivity index (χ2v) is 5.41. The Morgan fingerprint density at radius 2 is 2.00 bits per heavy atom. The maximum Gasteiger partial charge on any atom is 0.272 e. The van der Waals surface area contributed by atoms with E-state index < -0.39 is 0 Å². The molecular weight excluding hydrogens is 264 g/mol. The van der Waals surface area contributed by atoms with Gasteiger partial charge in [-0.25, -0.2) is 4.68 Å². The molecule has 2 rings (SSSR count). The van der Waals surface area contributed by atoms with E-state index in [2.05, 4.69) is 18.1 Å². The van der Waals surface area contributed by atoms with Crippen LogP contribution in [0.2, 0.25) is 0 Å². The number of aromatic nitrogens is 2. The van der Waals surface area contributed by atoms with Crippen LogP contribution < -0.4 is 5.56 Å². The number of aliphatic hydroxyl groups excluding tert-OH is 1. The summed E-state index contributed by atoms with van der Waals surface area (Å²) in [5.41, 5.74) is 4.26. The third kappa shape index (κ3) is 3.39. The number of aryl methyl sites for hydroxylation is 3. The monoisotopic (exact) mass is 286 g/mol. The van der Waals surface area contributed by atoms with Gasteiger partial charge in [-0.3, -0.25) is 4.79 Å². The van der Waals surface area contributed by atoms with E-state index in [9.17, 15) is 9.90 Å². The van der Waals surface area contributed by atoms with Crippen LogP contribution in [-0.2, 0) is 13.2 Å². The molecule has 0 radical (unpaired) electrons. The lowest BCUT2D eigenvalue weighted by Crippen LogP contribution is -2.27. The molecule has 0 aliphatic carbocycles. The van der Waals surface area contributed by atoms with E-state index in [-0.39, 0.29) is 12.2 Å². The number of unbranched alkanes of at least 4 members (excludes halogenated alkanes) is 1. The summed E-state index contributed by atoms with van der Waals surface area (Å²) in [5, 5.41) is 13.9. The molecule has 4 heteroatoms. The van der Waals surface area contributed by atoms with Gasteiger partial charge in [-0.15, -0.1) is 0 Å². The maximum atomic E-state index is 12.2. The molecule has 0 aliphatic rings. The van der Waals surface area contributed by atoms with E-state index in [1.807, 2.05) is 26.0 Å². The lowest BCUT2D eigenvalue weighted by atomic mass is 10.0. The molecule has 2 aromatic rings. The minimum atomic E-state index is -0.259. The summed E-state index contributed by atoms with van der Waals surface area (Å²) in [5.74, 6) is 0. The molecule has 0 amide bonds. The Labute approximate surface area is 125 Å². The Hall–Kier alpha value is -1.94. The first-order chi connectivity index (χ1) is 10.1.